The number of carbonyl (C=O) groups excluding carboxylic acids is 1. The van der Waals surface area contributed by atoms with Gasteiger partial charge in [0.05, 0.1) is 17.5 Å². The van der Waals surface area contributed by atoms with Crippen LogP contribution in [0.15, 0.2) is 41.9 Å². The minimum absolute atomic E-state index is 0.0892. The first kappa shape index (κ1) is 18.3. The smallest absolute Gasteiger partial charge is 0.285 e. The standard InChI is InChI=1S/C16H17ClN2O4S2/c1-2-7-19-13-9-25(21,22)10-14(13)24-16(19)18-15(20)8-23-12-5-3-11(17)4-6-12/h2-6,13-14H,1,7-10H2/t13-,14-/m0/s1. The number of thioether (sulfide) groups is 1. The molecule has 0 unspecified atom stereocenters. The van der Waals surface area contributed by atoms with Crippen LogP contribution in [0, 0.1) is 0 Å². The van der Waals surface area contributed by atoms with Gasteiger partial charge >= 0.3 is 0 Å². The number of carbonyl (C=O) groups is 1. The van der Waals surface area contributed by atoms with Crippen LogP contribution < -0.4 is 4.74 Å². The summed E-state index contributed by atoms with van der Waals surface area (Å²) in [5.74, 6) is 0.314. The highest BCUT2D eigenvalue weighted by molar-refractivity contribution is 8.15. The number of sulfone groups is 1. The summed E-state index contributed by atoms with van der Waals surface area (Å²) < 4.78 is 29.0. The van der Waals surface area contributed by atoms with Gasteiger partial charge in [-0.15, -0.1) is 6.58 Å². The predicted molar refractivity (Wildman–Crippen MR) is 100 cm³/mol. The van der Waals surface area contributed by atoms with Gasteiger partial charge in [0.2, 0.25) is 0 Å². The van der Waals surface area contributed by atoms with Gasteiger partial charge in [0.25, 0.3) is 5.91 Å². The van der Waals surface area contributed by atoms with Gasteiger partial charge in [-0.3, -0.25) is 4.79 Å². The third-order valence-electron chi connectivity index (χ3n) is 3.90. The minimum Gasteiger partial charge on any atom is -0.484 e. The Morgan fingerprint density at radius 1 is 1.40 bits per heavy atom. The maximum Gasteiger partial charge on any atom is 0.285 e. The normalized spacial score (nSPS) is 25.8. The number of hydrogen-bond donors (Lipinski definition) is 0. The number of rotatable bonds is 5. The molecular weight excluding hydrogens is 384 g/mol. The fraction of sp³-hybridized carbons (Fsp3) is 0.375. The Morgan fingerprint density at radius 3 is 2.80 bits per heavy atom. The molecular formula is C16H17ClN2O4S2. The SMILES string of the molecule is C=CCN1C(=NC(=O)COc2ccc(Cl)cc2)S[C@H]2CS(=O)(=O)C[C@@H]21. The summed E-state index contributed by atoms with van der Waals surface area (Å²) in [7, 11) is -3.03. The van der Waals surface area contributed by atoms with Crippen LogP contribution in [0.2, 0.25) is 5.02 Å². The summed E-state index contributed by atoms with van der Waals surface area (Å²) >= 11 is 7.14. The molecule has 1 aromatic carbocycles. The lowest BCUT2D eigenvalue weighted by Gasteiger charge is -2.22. The lowest BCUT2D eigenvalue weighted by atomic mass is 10.2. The van der Waals surface area contributed by atoms with Crippen molar-refractivity contribution in [1.29, 1.82) is 0 Å². The third kappa shape index (κ3) is 4.37. The molecule has 2 atom stereocenters. The van der Waals surface area contributed by atoms with Crippen LogP contribution in [0.5, 0.6) is 5.75 Å². The molecule has 2 heterocycles. The number of benzene rings is 1. The van der Waals surface area contributed by atoms with Gasteiger partial charge in [-0.2, -0.15) is 4.99 Å². The van der Waals surface area contributed by atoms with Gasteiger partial charge in [-0.05, 0) is 24.3 Å². The van der Waals surface area contributed by atoms with E-state index in [1.165, 1.54) is 11.8 Å². The summed E-state index contributed by atoms with van der Waals surface area (Å²) in [6.45, 7) is 3.95. The zero-order valence-corrected chi connectivity index (χ0v) is 15.7. The predicted octanol–water partition coefficient (Wildman–Crippen LogP) is 2.00. The summed E-state index contributed by atoms with van der Waals surface area (Å²) in [5, 5.41) is 1.03. The summed E-state index contributed by atoms with van der Waals surface area (Å²) in [6, 6.07) is 6.54. The molecule has 2 saturated heterocycles. The Labute approximate surface area is 155 Å². The number of ether oxygens (including phenoxy) is 1. The lowest BCUT2D eigenvalue weighted by molar-refractivity contribution is -0.119. The molecule has 0 aliphatic carbocycles. The van der Waals surface area contributed by atoms with Crippen molar-refractivity contribution in [2.45, 2.75) is 11.3 Å². The fourth-order valence-electron chi connectivity index (χ4n) is 2.80. The van der Waals surface area contributed by atoms with Crippen LogP contribution in [0.1, 0.15) is 0 Å². The van der Waals surface area contributed by atoms with Crippen molar-refractivity contribution in [2.75, 3.05) is 24.7 Å². The molecule has 0 radical (unpaired) electrons. The van der Waals surface area contributed by atoms with Crippen molar-refractivity contribution in [2.24, 2.45) is 4.99 Å². The van der Waals surface area contributed by atoms with E-state index in [-0.39, 0.29) is 29.4 Å². The van der Waals surface area contributed by atoms with Crippen molar-refractivity contribution in [3.63, 3.8) is 0 Å². The molecule has 9 heteroatoms. The molecule has 25 heavy (non-hydrogen) atoms. The summed E-state index contributed by atoms with van der Waals surface area (Å²) in [5.41, 5.74) is 0. The van der Waals surface area contributed by atoms with E-state index in [1.807, 2.05) is 4.90 Å². The first-order valence-corrected chi connectivity index (χ1v) is 10.7. The van der Waals surface area contributed by atoms with Gasteiger partial charge in [0.1, 0.15) is 5.75 Å². The molecule has 1 aromatic rings. The van der Waals surface area contributed by atoms with Crippen LogP contribution in [-0.4, -0.2) is 60.3 Å². The monoisotopic (exact) mass is 400 g/mol. The Morgan fingerprint density at radius 2 is 2.12 bits per heavy atom. The van der Waals surface area contributed by atoms with Gasteiger partial charge < -0.3 is 9.64 Å². The maximum absolute atomic E-state index is 12.1. The highest BCUT2D eigenvalue weighted by atomic mass is 35.5. The quantitative estimate of drug-likeness (QED) is 0.703. The van der Waals surface area contributed by atoms with E-state index in [0.29, 0.717) is 22.5 Å². The fourth-order valence-corrected chi connectivity index (χ4v) is 6.91. The Bertz CT molecular complexity index is 808. The lowest BCUT2D eigenvalue weighted by Crippen LogP contribution is -2.37. The molecule has 0 spiro atoms. The van der Waals surface area contributed by atoms with Crippen LogP contribution in [-0.2, 0) is 14.6 Å². The Kier molecular flexibility index (Phi) is 5.41. The molecule has 3 rings (SSSR count). The van der Waals surface area contributed by atoms with E-state index in [9.17, 15) is 13.2 Å². The molecule has 134 valence electrons. The number of nitrogens with zero attached hydrogens (tertiary/aromatic N) is 2. The molecule has 0 N–H and O–H groups in total. The van der Waals surface area contributed by atoms with Crippen LogP contribution in [0.4, 0.5) is 0 Å². The van der Waals surface area contributed by atoms with E-state index in [4.69, 9.17) is 16.3 Å². The average Bonchev–Trinajstić information content (AvgIpc) is 3.00. The van der Waals surface area contributed by atoms with Gasteiger partial charge in [-0.1, -0.05) is 29.4 Å². The summed E-state index contributed by atoms with van der Waals surface area (Å²) in [6.07, 6.45) is 1.68. The van der Waals surface area contributed by atoms with Gasteiger partial charge in [-0.25, -0.2) is 8.42 Å². The zero-order valence-electron chi connectivity index (χ0n) is 13.3. The van der Waals surface area contributed by atoms with Crippen molar-refractivity contribution in [3.05, 3.63) is 41.9 Å². The number of fused-ring (bicyclic) bond motifs is 1. The molecule has 6 nitrogen and oxygen atoms in total. The molecule has 0 bridgehead atoms. The number of amidine groups is 1. The Hall–Kier alpha value is -1.51. The van der Waals surface area contributed by atoms with Crippen LogP contribution in [0.3, 0.4) is 0 Å². The van der Waals surface area contributed by atoms with E-state index in [2.05, 4.69) is 11.6 Å². The van der Waals surface area contributed by atoms with Gasteiger partial charge in [0, 0.05) is 16.8 Å². The second-order valence-corrected chi connectivity index (χ2v) is 9.57. The maximum atomic E-state index is 12.1. The minimum atomic E-state index is -3.03. The number of aliphatic imine (C=N–C) groups is 1. The third-order valence-corrected chi connectivity index (χ3v) is 7.40. The molecule has 1 amide bonds. The van der Waals surface area contributed by atoms with Crippen LogP contribution >= 0.6 is 23.4 Å². The van der Waals surface area contributed by atoms with E-state index in [0.717, 1.165) is 0 Å². The summed E-state index contributed by atoms with van der Waals surface area (Å²) in [4.78, 5) is 18.1. The number of amides is 1. The van der Waals surface area contributed by atoms with E-state index in [1.54, 1.807) is 30.3 Å². The molecule has 2 aliphatic rings. The van der Waals surface area contributed by atoms with Crippen molar-refractivity contribution in [3.8, 4) is 5.75 Å². The van der Waals surface area contributed by atoms with Gasteiger partial charge in [0.15, 0.2) is 21.6 Å². The molecule has 2 fully saturated rings. The molecule has 0 saturated carbocycles. The first-order valence-electron chi connectivity index (χ1n) is 7.62. The topological polar surface area (TPSA) is 76.0 Å². The number of hydrogen-bond acceptors (Lipinski definition) is 5. The van der Waals surface area contributed by atoms with Crippen LogP contribution in [0.25, 0.3) is 0 Å². The average molecular weight is 401 g/mol. The second-order valence-electron chi connectivity index (χ2n) is 5.77. The Balaban J connectivity index is 1.66. The van der Waals surface area contributed by atoms with E-state index >= 15 is 0 Å². The zero-order chi connectivity index (χ0) is 18.0. The highest BCUT2D eigenvalue weighted by Gasteiger charge is 2.48. The number of halogens is 1. The highest BCUT2D eigenvalue weighted by Crippen LogP contribution is 2.37. The largest absolute Gasteiger partial charge is 0.484 e. The molecule has 2 aliphatic heterocycles. The molecule has 0 aromatic heterocycles. The second kappa shape index (κ2) is 7.39. The van der Waals surface area contributed by atoms with Crippen molar-refractivity contribution >= 4 is 44.3 Å². The van der Waals surface area contributed by atoms with Crippen molar-refractivity contribution in [1.82, 2.24) is 4.90 Å². The van der Waals surface area contributed by atoms with E-state index < -0.39 is 15.7 Å². The van der Waals surface area contributed by atoms with Crippen molar-refractivity contribution < 1.29 is 17.9 Å². The first-order chi connectivity index (χ1) is 11.9.